The fraction of sp³-hybridized carbons (Fsp3) is 0.538. The molecule has 2 atom stereocenters. The topological polar surface area (TPSA) is 21.3 Å². The third kappa shape index (κ3) is 4.40. The summed E-state index contributed by atoms with van der Waals surface area (Å²) in [5, 5.41) is 3.15. The second-order valence-electron chi connectivity index (χ2n) is 4.22. The molecule has 0 bridgehead atoms. The number of nitrogens with one attached hydrogen (secondary N) is 1. The molecule has 0 aromatic heterocycles. The van der Waals surface area contributed by atoms with Crippen LogP contribution in [0.15, 0.2) is 18.2 Å². The van der Waals surface area contributed by atoms with Gasteiger partial charge in [0.1, 0.15) is 0 Å². The summed E-state index contributed by atoms with van der Waals surface area (Å²) in [5.74, 6) is -1.60. The number of likely N-dealkylation sites (N-methyl/N-ethyl adjacent to an activating group) is 1. The third-order valence-corrected chi connectivity index (χ3v) is 2.89. The second-order valence-corrected chi connectivity index (χ2v) is 4.22. The molecule has 0 spiro atoms. The van der Waals surface area contributed by atoms with Crippen LogP contribution < -0.4 is 5.32 Å². The van der Waals surface area contributed by atoms with Gasteiger partial charge in [-0.25, -0.2) is 8.78 Å². The monoisotopic (exact) mass is 243 g/mol. The Kier molecular flexibility index (Phi) is 5.51. The minimum absolute atomic E-state index is 0.137. The normalized spacial score (nSPS) is 14.6. The Morgan fingerprint density at radius 2 is 2.00 bits per heavy atom. The molecule has 0 aliphatic rings. The molecule has 4 heteroatoms. The highest BCUT2D eigenvalue weighted by Gasteiger charge is 2.12. The molecule has 1 aromatic rings. The van der Waals surface area contributed by atoms with Gasteiger partial charge in [0, 0.05) is 13.2 Å². The predicted octanol–water partition coefficient (Wildman–Crippen LogP) is 2.52. The van der Waals surface area contributed by atoms with Crippen molar-refractivity contribution < 1.29 is 13.5 Å². The Morgan fingerprint density at radius 3 is 2.53 bits per heavy atom. The maximum atomic E-state index is 13.0. The first-order valence-corrected chi connectivity index (χ1v) is 5.70. The molecule has 0 radical (unpaired) electrons. The van der Waals surface area contributed by atoms with Crippen molar-refractivity contribution in [3.63, 3.8) is 0 Å². The van der Waals surface area contributed by atoms with E-state index in [0.29, 0.717) is 6.42 Å². The largest absolute Gasteiger partial charge is 0.382 e. The molecule has 0 fully saturated rings. The molecule has 96 valence electrons. The lowest BCUT2D eigenvalue weighted by Gasteiger charge is -2.19. The third-order valence-electron chi connectivity index (χ3n) is 2.89. The van der Waals surface area contributed by atoms with Gasteiger partial charge in [-0.15, -0.1) is 0 Å². The minimum atomic E-state index is -0.806. The number of hydrogen-bond acceptors (Lipinski definition) is 2. The number of ether oxygens (including phenoxy) is 1. The summed E-state index contributed by atoms with van der Waals surface area (Å²) in [4.78, 5) is 0. The van der Waals surface area contributed by atoms with Gasteiger partial charge in [0.05, 0.1) is 6.10 Å². The first kappa shape index (κ1) is 14.1. The van der Waals surface area contributed by atoms with E-state index in [4.69, 9.17) is 4.74 Å². The van der Waals surface area contributed by atoms with E-state index < -0.39 is 11.6 Å². The van der Waals surface area contributed by atoms with Crippen LogP contribution in [0.4, 0.5) is 8.78 Å². The van der Waals surface area contributed by atoms with Gasteiger partial charge >= 0.3 is 0 Å². The van der Waals surface area contributed by atoms with E-state index in [0.717, 1.165) is 18.1 Å². The number of rotatable bonds is 6. The molecule has 2 nitrogen and oxygen atoms in total. The molecule has 0 heterocycles. The number of benzene rings is 1. The first-order valence-electron chi connectivity index (χ1n) is 5.70. The van der Waals surface area contributed by atoms with Crippen LogP contribution in [0.2, 0.25) is 0 Å². The standard InChI is InChI=1S/C13H19F2NO/c1-9(17-3)6-11(16-2)7-10-4-5-12(14)13(15)8-10/h4-5,8-9,11,16H,6-7H2,1-3H3. The first-order chi connectivity index (χ1) is 8.06. The lowest BCUT2D eigenvalue weighted by Crippen LogP contribution is -2.31. The van der Waals surface area contributed by atoms with Gasteiger partial charge in [-0.05, 0) is 44.5 Å². The van der Waals surface area contributed by atoms with Gasteiger partial charge in [0.25, 0.3) is 0 Å². The van der Waals surface area contributed by atoms with Gasteiger partial charge in [-0.3, -0.25) is 0 Å². The van der Waals surface area contributed by atoms with E-state index in [1.54, 1.807) is 13.2 Å². The number of hydrogen-bond donors (Lipinski definition) is 1. The van der Waals surface area contributed by atoms with E-state index in [1.165, 1.54) is 6.07 Å². The Bertz CT molecular complexity index is 357. The lowest BCUT2D eigenvalue weighted by atomic mass is 10.0. The van der Waals surface area contributed by atoms with Crippen LogP contribution >= 0.6 is 0 Å². The maximum absolute atomic E-state index is 13.0. The fourth-order valence-electron chi connectivity index (χ4n) is 1.75. The second kappa shape index (κ2) is 6.67. The maximum Gasteiger partial charge on any atom is 0.159 e. The van der Waals surface area contributed by atoms with Crippen LogP contribution in [-0.2, 0) is 11.2 Å². The van der Waals surface area contributed by atoms with E-state index >= 15 is 0 Å². The van der Waals surface area contributed by atoms with Crippen molar-refractivity contribution in [3.8, 4) is 0 Å². The zero-order valence-corrected chi connectivity index (χ0v) is 10.5. The van der Waals surface area contributed by atoms with Crippen molar-refractivity contribution >= 4 is 0 Å². The molecule has 1 rings (SSSR count). The van der Waals surface area contributed by atoms with Crippen molar-refractivity contribution in [3.05, 3.63) is 35.4 Å². The molecule has 17 heavy (non-hydrogen) atoms. The molecule has 1 N–H and O–H groups in total. The summed E-state index contributed by atoms with van der Waals surface area (Å²) >= 11 is 0. The molecule has 2 unspecified atom stereocenters. The van der Waals surface area contributed by atoms with Crippen LogP contribution in [-0.4, -0.2) is 26.3 Å². The molecule has 0 saturated heterocycles. The summed E-state index contributed by atoms with van der Waals surface area (Å²) in [6, 6.07) is 4.21. The highest BCUT2D eigenvalue weighted by Crippen LogP contribution is 2.13. The van der Waals surface area contributed by atoms with E-state index in [2.05, 4.69) is 5.32 Å². The zero-order chi connectivity index (χ0) is 12.8. The summed E-state index contributed by atoms with van der Waals surface area (Å²) in [5.41, 5.74) is 0.784. The summed E-state index contributed by atoms with van der Waals surface area (Å²) in [6.45, 7) is 1.98. The van der Waals surface area contributed by atoms with E-state index in [9.17, 15) is 8.78 Å². The summed E-state index contributed by atoms with van der Waals surface area (Å²) in [7, 11) is 3.52. The highest BCUT2D eigenvalue weighted by atomic mass is 19.2. The Hall–Kier alpha value is -1.00. The van der Waals surface area contributed by atoms with Crippen LogP contribution in [0, 0.1) is 11.6 Å². The smallest absolute Gasteiger partial charge is 0.159 e. The van der Waals surface area contributed by atoms with Crippen molar-refractivity contribution in [2.24, 2.45) is 0 Å². The van der Waals surface area contributed by atoms with Crippen molar-refractivity contribution in [1.29, 1.82) is 0 Å². The fourth-order valence-corrected chi connectivity index (χ4v) is 1.75. The predicted molar refractivity (Wildman–Crippen MR) is 64.0 cm³/mol. The van der Waals surface area contributed by atoms with Gasteiger partial charge < -0.3 is 10.1 Å². The molecule has 0 amide bonds. The van der Waals surface area contributed by atoms with Crippen LogP contribution in [0.25, 0.3) is 0 Å². The van der Waals surface area contributed by atoms with Gasteiger partial charge in [0.2, 0.25) is 0 Å². The van der Waals surface area contributed by atoms with E-state index in [1.807, 2.05) is 14.0 Å². The number of halogens is 2. The van der Waals surface area contributed by atoms with E-state index in [-0.39, 0.29) is 12.1 Å². The lowest BCUT2D eigenvalue weighted by molar-refractivity contribution is 0.101. The van der Waals surface area contributed by atoms with Crippen molar-refractivity contribution in [1.82, 2.24) is 5.32 Å². The molecule has 0 aliphatic carbocycles. The summed E-state index contributed by atoms with van der Waals surface area (Å²) in [6.07, 6.45) is 1.62. The number of methoxy groups -OCH3 is 1. The average molecular weight is 243 g/mol. The average Bonchev–Trinajstić information content (AvgIpc) is 2.32. The zero-order valence-electron chi connectivity index (χ0n) is 10.5. The molecule has 0 saturated carbocycles. The summed E-state index contributed by atoms with van der Waals surface area (Å²) < 4.78 is 31.0. The molecular weight excluding hydrogens is 224 g/mol. The Balaban J connectivity index is 2.63. The van der Waals surface area contributed by atoms with Crippen molar-refractivity contribution in [2.75, 3.05) is 14.2 Å². The van der Waals surface area contributed by atoms with Crippen LogP contribution in [0.3, 0.4) is 0 Å². The minimum Gasteiger partial charge on any atom is -0.382 e. The Labute approximate surface area is 101 Å². The van der Waals surface area contributed by atoms with Gasteiger partial charge in [0.15, 0.2) is 11.6 Å². The van der Waals surface area contributed by atoms with Crippen molar-refractivity contribution in [2.45, 2.75) is 31.9 Å². The van der Waals surface area contributed by atoms with Crippen LogP contribution in [0.1, 0.15) is 18.9 Å². The molecular formula is C13H19F2NO. The quantitative estimate of drug-likeness (QED) is 0.829. The highest BCUT2D eigenvalue weighted by molar-refractivity contribution is 5.18. The SMILES string of the molecule is CNC(Cc1ccc(F)c(F)c1)CC(C)OC. The van der Waals surface area contributed by atoms with Gasteiger partial charge in [-0.2, -0.15) is 0 Å². The van der Waals surface area contributed by atoms with Gasteiger partial charge in [-0.1, -0.05) is 6.07 Å². The molecule has 0 aliphatic heterocycles. The Morgan fingerprint density at radius 1 is 1.29 bits per heavy atom. The van der Waals surface area contributed by atoms with Crippen LogP contribution in [0.5, 0.6) is 0 Å². The molecule has 1 aromatic carbocycles.